The zero-order chi connectivity index (χ0) is 16.8. The highest BCUT2D eigenvalue weighted by Crippen LogP contribution is 2.33. The number of nitrogens with zero attached hydrogens (tertiary/aromatic N) is 3. The second-order valence-corrected chi connectivity index (χ2v) is 5.09. The van der Waals surface area contributed by atoms with Crippen molar-refractivity contribution >= 4 is 18.4 Å². The van der Waals surface area contributed by atoms with Crippen LogP contribution in [0.3, 0.4) is 0 Å². The zero-order valence-electron chi connectivity index (χ0n) is 13.6. The molecule has 0 saturated heterocycles. The lowest BCUT2D eigenvalue weighted by atomic mass is 10.2. The van der Waals surface area contributed by atoms with Crippen LogP contribution in [0, 0.1) is 4.77 Å². The van der Waals surface area contributed by atoms with Crippen molar-refractivity contribution in [2.45, 2.75) is 19.8 Å². The van der Waals surface area contributed by atoms with Crippen LogP contribution in [-0.4, -0.2) is 42.4 Å². The van der Waals surface area contributed by atoms with E-state index in [2.05, 4.69) is 22.2 Å². The van der Waals surface area contributed by atoms with Crippen molar-refractivity contribution in [2.75, 3.05) is 21.3 Å². The minimum Gasteiger partial charge on any atom is -0.496 e. The number of nitrogens with one attached hydrogen (secondary N) is 1. The SMILES string of the molecule is CCCc1n[nH]c(=S)n1/N=C\c1cc(OC)c(OC)cc1OC. The number of benzene rings is 1. The van der Waals surface area contributed by atoms with Crippen molar-refractivity contribution in [1.29, 1.82) is 0 Å². The van der Waals surface area contributed by atoms with E-state index in [0.29, 0.717) is 22.0 Å². The molecule has 0 radical (unpaired) electrons. The molecular formula is C15H20N4O3S. The van der Waals surface area contributed by atoms with Crippen LogP contribution >= 0.6 is 12.2 Å². The Morgan fingerprint density at radius 2 is 1.83 bits per heavy atom. The van der Waals surface area contributed by atoms with E-state index in [0.717, 1.165) is 24.2 Å². The van der Waals surface area contributed by atoms with Gasteiger partial charge in [0.15, 0.2) is 17.3 Å². The van der Waals surface area contributed by atoms with E-state index < -0.39 is 0 Å². The molecule has 0 aliphatic carbocycles. The molecule has 0 fully saturated rings. The quantitative estimate of drug-likeness (QED) is 0.622. The van der Waals surface area contributed by atoms with Gasteiger partial charge < -0.3 is 14.2 Å². The summed E-state index contributed by atoms with van der Waals surface area (Å²) in [6.45, 7) is 2.07. The summed E-state index contributed by atoms with van der Waals surface area (Å²) in [5.74, 6) is 2.60. The zero-order valence-corrected chi connectivity index (χ0v) is 14.4. The van der Waals surface area contributed by atoms with E-state index in [1.807, 2.05) is 0 Å². The lowest BCUT2D eigenvalue weighted by Crippen LogP contribution is -2.00. The molecule has 23 heavy (non-hydrogen) atoms. The number of hydrogen-bond acceptors (Lipinski definition) is 6. The smallest absolute Gasteiger partial charge is 0.216 e. The van der Waals surface area contributed by atoms with Gasteiger partial charge in [-0.25, -0.2) is 0 Å². The Bertz CT molecular complexity index is 752. The topological polar surface area (TPSA) is 73.7 Å². The molecule has 0 unspecified atom stereocenters. The summed E-state index contributed by atoms with van der Waals surface area (Å²) in [6, 6.07) is 3.55. The Balaban J connectivity index is 2.43. The highest BCUT2D eigenvalue weighted by Gasteiger charge is 2.11. The fourth-order valence-electron chi connectivity index (χ4n) is 2.10. The van der Waals surface area contributed by atoms with Crippen molar-refractivity contribution < 1.29 is 14.2 Å². The maximum atomic E-state index is 5.38. The van der Waals surface area contributed by atoms with E-state index in [9.17, 15) is 0 Å². The maximum absolute atomic E-state index is 5.38. The van der Waals surface area contributed by atoms with Crippen LogP contribution < -0.4 is 14.2 Å². The van der Waals surface area contributed by atoms with Gasteiger partial charge in [0, 0.05) is 18.1 Å². The normalized spacial score (nSPS) is 11.0. The van der Waals surface area contributed by atoms with Crippen LogP contribution in [0.5, 0.6) is 17.2 Å². The molecule has 0 bridgehead atoms. The Hall–Kier alpha value is -2.35. The van der Waals surface area contributed by atoms with Gasteiger partial charge in [0.25, 0.3) is 0 Å². The molecule has 0 spiro atoms. The Morgan fingerprint density at radius 3 is 2.43 bits per heavy atom. The number of aromatic amines is 1. The minimum atomic E-state index is 0.448. The van der Waals surface area contributed by atoms with Crippen molar-refractivity contribution in [2.24, 2.45) is 5.10 Å². The predicted octanol–water partition coefficient (Wildman–Crippen LogP) is 2.80. The summed E-state index contributed by atoms with van der Waals surface area (Å²) >= 11 is 5.21. The Morgan fingerprint density at radius 1 is 1.17 bits per heavy atom. The molecule has 1 N–H and O–H groups in total. The molecule has 2 rings (SSSR count). The van der Waals surface area contributed by atoms with E-state index in [-0.39, 0.29) is 0 Å². The lowest BCUT2D eigenvalue weighted by molar-refractivity contribution is 0.349. The first-order valence-electron chi connectivity index (χ1n) is 7.15. The third-order valence-electron chi connectivity index (χ3n) is 3.24. The van der Waals surface area contributed by atoms with Crippen molar-refractivity contribution in [3.05, 3.63) is 28.3 Å². The molecule has 8 heteroatoms. The first-order chi connectivity index (χ1) is 11.1. The Labute approximate surface area is 139 Å². The highest BCUT2D eigenvalue weighted by molar-refractivity contribution is 7.71. The number of aryl methyl sites for hydroxylation is 1. The molecule has 1 aromatic carbocycles. The van der Waals surface area contributed by atoms with Gasteiger partial charge in [0.1, 0.15) is 5.75 Å². The minimum absolute atomic E-state index is 0.448. The number of H-pyrrole nitrogens is 1. The van der Waals surface area contributed by atoms with E-state index in [1.165, 1.54) is 0 Å². The van der Waals surface area contributed by atoms with Crippen LogP contribution in [0.2, 0.25) is 0 Å². The number of methoxy groups -OCH3 is 3. The molecule has 1 aromatic heterocycles. The summed E-state index contributed by atoms with van der Waals surface area (Å²) < 4.78 is 18.0. The average Bonchev–Trinajstić information content (AvgIpc) is 2.92. The molecule has 124 valence electrons. The molecule has 0 aliphatic rings. The molecule has 0 amide bonds. The van der Waals surface area contributed by atoms with Gasteiger partial charge in [0.05, 0.1) is 27.5 Å². The summed E-state index contributed by atoms with van der Waals surface area (Å²) in [5, 5.41) is 11.3. The molecule has 0 atom stereocenters. The van der Waals surface area contributed by atoms with E-state index in [4.69, 9.17) is 26.4 Å². The molecule has 1 heterocycles. The van der Waals surface area contributed by atoms with Crippen LogP contribution in [-0.2, 0) is 6.42 Å². The van der Waals surface area contributed by atoms with Gasteiger partial charge >= 0.3 is 0 Å². The molecular weight excluding hydrogens is 316 g/mol. The third kappa shape index (κ3) is 3.70. The lowest BCUT2D eigenvalue weighted by Gasteiger charge is -2.11. The Kier molecular flexibility index (Phi) is 5.75. The standard InChI is InChI=1S/C15H20N4O3S/c1-5-6-14-17-18-15(23)19(14)16-9-10-7-12(21-3)13(22-4)8-11(10)20-2/h7-9H,5-6H2,1-4H3,(H,18,23)/b16-9-. The van der Waals surface area contributed by atoms with Crippen LogP contribution in [0.25, 0.3) is 0 Å². The molecule has 2 aromatic rings. The summed E-state index contributed by atoms with van der Waals surface area (Å²) in [5.41, 5.74) is 0.746. The third-order valence-corrected chi connectivity index (χ3v) is 3.50. The van der Waals surface area contributed by atoms with Gasteiger partial charge in [-0.1, -0.05) is 6.92 Å². The molecule has 7 nitrogen and oxygen atoms in total. The average molecular weight is 336 g/mol. The number of ether oxygens (including phenoxy) is 3. The summed E-state index contributed by atoms with van der Waals surface area (Å²) in [6.07, 6.45) is 3.40. The first-order valence-corrected chi connectivity index (χ1v) is 7.56. The molecule has 0 saturated carbocycles. The van der Waals surface area contributed by atoms with Crippen molar-refractivity contribution in [1.82, 2.24) is 14.9 Å². The van der Waals surface area contributed by atoms with Crippen molar-refractivity contribution in [3.63, 3.8) is 0 Å². The number of aromatic nitrogens is 3. The fraction of sp³-hybridized carbons (Fsp3) is 0.400. The highest BCUT2D eigenvalue weighted by atomic mass is 32.1. The van der Waals surface area contributed by atoms with Crippen LogP contribution in [0.15, 0.2) is 17.2 Å². The van der Waals surface area contributed by atoms with Crippen LogP contribution in [0.4, 0.5) is 0 Å². The largest absolute Gasteiger partial charge is 0.496 e. The van der Waals surface area contributed by atoms with Gasteiger partial charge in [-0.05, 0) is 24.7 Å². The number of rotatable bonds is 7. The predicted molar refractivity (Wildman–Crippen MR) is 90.5 cm³/mol. The van der Waals surface area contributed by atoms with E-state index in [1.54, 1.807) is 44.4 Å². The maximum Gasteiger partial charge on any atom is 0.216 e. The van der Waals surface area contributed by atoms with Gasteiger partial charge in [0.2, 0.25) is 4.77 Å². The van der Waals surface area contributed by atoms with E-state index >= 15 is 0 Å². The van der Waals surface area contributed by atoms with Gasteiger partial charge in [-0.3, -0.25) is 5.10 Å². The summed E-state index contributed by atoms with van der Waals surface area (Å²) in [7, 11) is 4.74. The summed E-state index contributed by atoms with van der Waals surface area (Å²) in [4.78, 5) is 0. The molecule has 0 aliphatic heterocycles. The first kappa shape index (κ1) is 17.0. The fourth-order valence-corrected chi connectivity index (χ4v) is 2.30. The van der Waals surface area contributed by atoms with Gasteiger partial charge in [-0.2, -0.15) is 14.9 Å². The number of hydrogen-bond donors (Lipinski definition) is 1. The second kappa shape index (κ2) is 7.77. The van der Waals surface area contributed by atoms with Crippen molar-refractivity contribution in [3.8, 4) is 17.2 Å². The van der Waals surface area contributed by atoms with Gasteiger partial charge in [-0.15, -0.1) is 0 Å². The van der Waals surface area contributed by atoms with Crippen LogP contribution in [0.1, 0.15) is 24.7 Å². The monoisotopic (exact) mass is 336 g/mol. The second-order valence-electron chi connectivity index (χ2n) is 4.70.